The highest BCUT2D eigenvalue weighted by Gasteiger charge is 2.14. The molecule has 0 bridgehead atoms. The Morgan fingerprint density at radius 1 is 1.33 bits per heavy atom. The quantitative estimate of drug-likeness (QED) is 0.778. The molecule has 0 radical (unpaired) electrons. The Bertz CT molecular complexity index is 388. The molecule has 2 N–H and O–H groups in total. The smallest absolute Gasteiger partial charge is 0.167 e. The second-order valence-corrected chi connectivity index (χ2v) is 3.00. The molecular weight excluding hydrogens is 194 g/mol. The van der Waals surface area contributed by atoms with Crippen LogP contribution < -0.4 is 4.74 Å². The molecule has 0 fully saturated rings. The lowest BCUT2D eigenvalue weighted by atomic mass is 10.3. The first-order chi connectivity index (χ1) is 7.40. The Morgan fingerprint density at radius 2 is 2.13 bits per heavy atom. The maximum absolute atomic E-state index is 9.15. The van der Waals surface area contributed by atoms with Gasteiger partial charge in [0.1, 0.15) is 11.4 Å². The number of hydrogen-bond donors (Lipinski definition) is 2. The number of nitrogens with zero attached hydrogens (tertiary/aromatic N) is 2. The third kappa shape index (κ3) is 2.32. The first-order valence-corrected chi connectivity index (χ1v) is 4.58. The molecule has 2 aromatic rings. The predicted octanol–water partition coefficient (Wildman–Crippen LogP) is 0.917. The molecule has 0 amide bonds. The molecule has 0 aliphatic rings. The van der Waals surface area contributed by atoms with Gasteiger partial charge in [0, 0.05) is 0 Å². The molecule has 1 aromatic heterocycles. The normalized spacial score (nSPS) is 12.3. The van der Waals surface area contributed by atoms with E-state index >= 15 is 0 Å². The van der Waals surface area contributed by atoms with Crippen molar-refractivity contribution in [3.05, 3.63) is 42.2 Å². The fraction of sp³-hybridized carbons (Fsp3) is 0.200. The second-order valence-electron chi connectivity index (χ2n) is 3.00. The van der Waals surface area contributed by atoms with Crippen molar-refractivity contribution < 1.29 is 9.84 Å². The summed E-state index contributed by atoms with van der Waals surface area (Å²) >= 11 is 0. The first kappa shape index (κ1) is 9.67. The van der Waals surface area contributed by atoms with Gasteiger partial charge in [0.05, 0.1) is 12.8 Å². The summed E-state index contributed by atoms with van der Waals surface area (Å²) in [4.78, 5) is 0. The summed E-state index contributed by atoms with van der Waals surface area (Å²) in [7, 11) is 0. The van der Waals surface area contributed by atoms with E-state index in [9.17, 15) is 0 Å². The lowest BCUT2D eigenvalue weighted by Gasteiger charge is -2.13. The fourth-order valence-corrected chi connectivity index (χ4v) is 1.22. The highest BCUT2D eigenvalue weighted by atomic mass is 16.5. The summed E-state index contributed by atoms with van der Waals surface area (Å²) in [5.41, 5.74) is 0.585. The predicted molar refractivity (Wildman–Crippen MR) is 53.3 cm³/mol. The third-order valence-electron chi connectivity index (χ3n) is 1.95. The number of aliphatic hydroxyl groups is 1. The maximum Gasteiger partial charge on any atom is 0.167 e. The van der Waals surface area contributed by atoms with E-state index in [1.165, 1.54) is 6.20 Å². The zero-order valence-corrected chi connectivity index (χ0v) is 8.00. The van der Waals surface area contributed by atoms with Gasteiger partial charge in [-0.15, -0.1) is 0 Å². The van der Waals surface area contributed by atoms with E-state index in [1.807, 2.05) is 30.3 Å². The summed E-state index contributed by atoms with van der Waals surface area (Å²) in [6, 6.07) is 9.28. The van der Waals surface area contributed by atoms with E-state index in [-0.39, 0.29) is 6.61 Å². The minimum Gasteiger partial charge on any atom is -0.482 e. The molecule has 1 unspecified atom stereocenters. The summed E-state index contributed by atoms with van der Waals surface area (Å²) < 4.78 is 5.54. The third-order valence-corrected chi connectivity index (χ3v) is 1.95. The van der Waals surface area contributed by atoms with Gasteiger partial charge in [-0.05, 0) is 12.1 Å². The molecule has 0 spiro atoms. The Balaban J connectivity index is 2.10. The van der Waals surface area contributed by atoms with Crippen LogP contribution in [0, 0.1) is 0 Å². The van der Waals surface area contributed by atoms with Gasteiger partial charge in [-0.2, -0.15) is 15.4 Å². The van der Waals surface area contributed by atoms with Gasteiger partial charge in [0.15, 0.2) is 6.10 Å². The zero-order valence-electron chi connectivity index (χ0n) is 8.00. The van der Waals surface area contributed by atoms with Crippen LogP contribution in [0.15, 0.2) is 36.5 Å². The van der Waals surface area contributed by atoms with Crippen LogP contribution in [0.4, 0.5) is 0 Å². The van der Waals surface area contributed by atoms with Crippen LogP contribution in [-0.2, 0) is 0 Å². The van der Waals surface area contributed by atoms with Crippen LogP contribution in [0.2, 0.25) is 0 Å². The molecule has 2 rings (SSSR count). The van der Waals surface area contributed by atoms with Crippen LogP contribution in [0.3, 0.4) is 0 Å². The van der Waals surface area contributed by atoms with E-state index in [1.54, 1.807) is 0 Å². The van der Waals surface area contributed by atoms with Crippen molar-refractivity contribution >= 4 is 0 Å². The van der Waals surface area contributed by atoms with E-state index in [4.69, 9.17) is 9.84 Å². The standard InChI is InChI=1S/C10H11N3O2/c14-7-10(9-6-11-13-12-9)15-8-4-2-1-3-5-8/h1-6,10,14H,7H2,(H,11,12,13). The van der Waals surface area contributed by atoms with Crippen LogP contribution in [0.25, 0.3) is 0 Å². The molecule has 0 aliphatic heterocycles. The Labute approximate surface area is 86.7 Å². The number of para-hydroxylation sites is 1. The van der Waals surface area contributed by atoms with Crippen molar-refractivity contribution in [3.63, 3.8) is 0 Å². The number of ether oxygens (including phenoxy) is 1. The van der Waals surface area contributed by atoms with Crippen LogP contribution in [0.1, 0.15) is 11.8 Å². The molecule has 0 aliphatic carbocycles. The Morgan fingerprint density at radius 3 is 2.73 bits per heavy atom. The average Bonchev–Trinajstić information content (AvgIpc) is 2.81. The fourth-order valence-electron chi connectivity index (χ4n) is 1.22. The lowest BCUT2D eigenvalue weighted by molar-refractivity contribution is 0.113. The second kappa shape index (κ2) is 4.56. The van der Waals surface area contributed by atoms with Crippen molar-refractivity contribution in [1.29, 1.82) is 0 Å². The summed E-state index contributed by atoms with van der Waals surface area (Å²) in [6.07, 6.45) is 1.05. The van der Waals surface area contributed by atoms with Gasteiger partial charge < -0.3 is 9.84 Å². The molecule has 5 heteroatoms. The summed E-state index contributed by atoms with van der Waals surface area (Å²) in [5.74, 6) is 0.694. The first-order valence-electron chi connectivity index (χ1n) is 4.58. The molecule has 5 nitrogen and oxygen atoms in total. The van der Waals surface area contributed by atoms with Gasteiger partial charge >= 0.3 is 0 Å². The number of nitrogens with one attached hydrogen (secondary N) is 1. The number of benzene rings is 1. The molecule has 0 saturated heterocycles. The van der Waals surface area contributed by atoms with Crippen LogP contribution >= 0.6 is 0 Å². The maximum atomic E-state index is 9.15. The number of H-pyrrole nitrogens is 1. The van der Waals surface area contributed by atoms with Gasteiger partial charge in [-0.1, -0.05) is 18.2 Å². The van der Waals surface area contributed by atoms with E-state index in [2.05, 4.69) is 15.4 Å². The molecule has 0 saturated carbocycles. The van der Waals surface area contributed by atoms with Crippen LogP contribution in [0.5, 0.6) is 5.75 Å². The van der Waals surface area contributed by atoms with Crippen molar-refractivity contribution in [1.82, 2.24) is 15.4 Å². The van der Waals surface area contributed by atoms with Gasteiger partial charge in [0.2, 0.25) is 0 Å². The largest absolute Gasteiger partial charge is 0.482 e. The molecule has 1 heterocycles. The molecule has 1 aromatic carbocycles. The van der Waals surface area contributed by atoms with Crippen molar-refractivity contribution in [2.45, 2.75) is 6.10 Å². The van der Waals surface area contributed by atoms with E-state index < -0.39 is 6.10 Å². The monoisotopic (exact) mass is 205 g/mol. The molecule has 78 valence electrons. The topological polar surface area (TPSA) is 71.0 Å². The van der Waals surface area contributed by atoms with Crippen molar-refractivity contribution in [3.8, 4) is 5.75 Å². The van der Waals surface area contributed by atoms with Gasteiger partial charge in [-0.3, -0.25) is 0 Å². The van der Waals surface area contributed by atoms with Crippen molar-refractivity contribution in [2.75, 3.05) is 6.61 Å². The number of rotatable bonds is 4. The average molecular weight is 205 g/mol. The molecule has 15 heavy (non-hydrogen) atoms. The number of aliphatic hydroxyl groups excluding tert-OH is 1. The summed E-state index contributed by atoms with van der Waals surface area (Å²) in [6.45, 7) is -0.137. The van der Waals surface area contributed by atoms with E-state index in [0.29, 0.717) is 11.4 Å². The highest BCUT2D eigenvalue weighted by Crippen LogP contribution is 2.18. The van der Waals surface area contributed by atoms with Crippen LogP contribution in [-0.4, -0.2) is 27.1 Å². The van der Waals surface area contributed by atoms with Gasteiger partial charge in [0.25, 0.3) is 0 Å². The minimum absolute atomic E-state index is 0.137. The number of aromatic amines is 1. The SMILES string of the molecule is OCC(Oc1ccccc1)c1cn[nH]n1. The summed E-state index contributed by atoms with van der Waals surface area (Å²) in [5, 5.41) is 19.2. The Kier molecular flexibility index (Phi) is 2.94. The Hall–Kier alpha value is -1.88. The molecular formula is C10H11N3O2. The number of aromatic nitrogens is 3. The number of hydrogen-bond acceptors (Lipinski definition) is 4. The van der Waals surface area contributed by atoms with Crippen molar-refractivity contribution in [2.24, 2.45) is 0 Å². The molecule has 1 atom stereocenters. The van der Waals surface area contributed by atoms with E-state index in [0.717, 1.165) is 0 Å². The lowest BCUT2D eigenvalue weighted by Crippen LogP contribution is -2.12. The zero-order chi connectivity index (χ0) is 10.5. The van der Waals surface area contributed by atoms with Gasteiger partial charge in [-0.25, -0.2) is 0 Å². The minimum atomic E-state index is -0.480. The highest BCUT2D eigenvalue weighted by molar-refractivity contribution is 5.22.